The molecule has 0 saturated carbocycles. The molecule has 1 fully saturated rings. The molecule has 0 bridgehead atoms. The highest BCUT2D eigenvalue weighted by Crippen LogP contribution is 2.23. The van der Waals surface area contributed by atoms with Crippen molar-refractivity contribution in [1.82, 2.24) is 9.47 Å². The summed E-state index contributed by atoms with van der Waals surface area (Å²) in [6.45, 7) is 8.87. The molecule has 1 aliphatic rings. The number of hydrogen-bond donors (Lipinski definition) is 1. The maximum Gasteiger partial charge on any atom is 0.0850 e. The highest BCUT2D eigenvalue weighted by atomic mass is 16.5. The fourth-order valence-electron chi connectivity index (χ4n) is 3.14. The highest BCUT2D eigenvalue weighted by molar-refractivity contribution is 5.83. The third kappa shape index (κ3) is 2.98. The van der Waals surface area contributed by atoms with Crippen molar-refractivity contribution >= 4 is 10.9 Å². The van der Waals surface area contributed by atoms with E-state index in [4.69, 9.17) is 10.5 Å². The van der Waals surface area contributed by atoms with E-state index in [1.807, 2.05) is 6.92 Å². The van der Waals surface area contributed by atoms with Gasteiger partial charge >= 0.3 is 0 Å². The summed E-state index contributed by atoms with van der Waals surface area (Å²) in [6.07, 6.45) is 2.44. The van der Waals surface area contributed by atoms with Crippen LogP contribution < -0.4 is 5.73 Å². The lowest BCUT2D eigenvalue weighted by atomic mass is 10.1. The second kappa shape index (κ2) is 6.18. The van der Waals surface area contributed by atoms with Crippen LogP contribution in [-0.2, 0) is 17.8 Å². The summed E-state index contributed by atoms with van der Waals surface area (Å²) in [5.41, 5.74) is 8.71. The maximum absolute atomic E-state index is 5.98. The van der Waals surface area contributed by atoms with Crippen LogP contribution in [0.3, 0.4) is 0 Å². The molecule has 1 aromatic carbocycles. The number of nitrogens with zero attached hydrogens (tertiary/aromatic N) is 2. The minimum Gasteiger partial charge on any atom is -0.374 e. The van der Waals surface area contributed by atoms with Crippen molar-refractivity contribution in [2.75, 3.05) is 19.7 Å². The van der Waals surface area contributed by atoms with E-state index in [0.29, 0.717) is 0 Å². The number of benzene rings is 1. The Labute approximate surface area is 126 Å². The van der Waals surface area contributed by atoms with Gasteiger partial charge in [-0.05, 0) is 25.5 Å². The van der Waals surface area contributed by atoms with Gasteiger partial charge < -0.3 is 15.0 Å². The summed E-state index contributed by atoms with van der Waals surface area (Å²) >= 11 is 0. The van der Waals surface area contributed by atoms with E-state index >= 15 is 0 Å². The molecule has 2 heterocycles. The molecule has 2 atom stereocenters. The molecule has 0 spiro atoms. The third-order valence-corrected chi connectivity index (χ3v) is 4.37. The van der Waals surface area contributed by atoms with Gasteiger partial charge in [-0.1, -0.05) is 18.2 Å². The van der Waals surface area contributed by atoms with Crippen molar-refractivity contribution < 1.29 is 4.74 Å². The lowest BCUT2D eigenvalue weighted by Gasteiger charge is -2.34. The van der Waals surface area contributed by atoms with Gasteiger partial charge in [0.25, 0.3) is 0 Å². The summed E-state index contributed by atoms with van der Waals surface area (Å²) < 4.78 is 8.08. The number of aromatic nitrogens is 1. The fraction of sp³-hybridized carbons (Fsp3) is 0.529. The summed E-state index contributed by atoms with van der Waals surface area (Å²) in [6, 6.07) is 8.74. The zero-order valence-corrected chi connectivity index (χ0v) is 13.0. The van der Waals surface area contributed by atoms with Crippen LogP contribution in [0.5, 0.6) is 0 Å². The summed E-state index contributed by atoms with van der Waals surface area (Å²) in [7, 11) is 0. The number of aryl methyl sites for hydroxylation is 1. The van der Waals surface area contributed by atoms with E-state index < -0.39 is 0 Å². The first kappa shape index (κ1) is 14.6. The van der Waals surface area contributed by atoms with Gasteiger partial charge in [-0.15, -0.1) is 0 Å². The molecule has 4 nitrogen and oxygen atoms in total. The van der Waals surface area contributed by atoms with Gasteiger partial charge in [0.15, 0.2) is 0 Å². The van der Waals surface area contributed by atoms with Crippen molar-refractivity contribution in [3.63, 3.8) is 0 Å². The van der Waals surface area contributed by atoms with Crippen LogP contribution in [0.1, 0.15) is 19.4 Å². The molecule has 3 rings (SSSR count). The molecule has 1 saturated heterocycles. The molecule has 21 heavy (non-hydrogen) atoms. The van der Waals surface area contributed by atoms with Gasteiger partial charge in [0.1, 0.15) is 0 Å². The van der Waals surface area contributed by atoms with E-state index in [0.717, 1.165) is 32.8 Å². The van der Waals surface area contributed by atoms with Crippen LogP contribution in [-0.4, -0.2) is 41.3 Å². The van der Waals surface area contributed by atoms with Crippen molar-refractivity contribution in [2.45, 2.75) is 39.1 Å². The predicted molar refractivity (Wildman–Crippen MR) is 86.3 cm³/mol. The molecule has 1 aromatic heterocycles. The van der Waals surface area contributed by atoms with Gasteiger partial charge in [-0.2, -0.15) is 0 Å². The summed E-state index contributed by atoms with van der Waals surface area (Å²) in [5, 5.41) is 1.36. The average Bonchev–Trinajstić information content (AvgIpc) is 2.86. The average molecular weight is 287 g/mol. The molecule has 2 N–H and O–H groups in total. The zero-order chi connectivity index (χ0) is 14.8. The topological polar surface area (TPSA) is 43.4 Å². The third-order valence-electron chi connectivity index (χ3n) is 4.37. The molecular weight excluding hydrogens is 262 g/mol. The van der Waals surface area contributed by atoms with Crippen LogP contribution in [0.15, 0.2) is 30.5 Å². The minimum absolute atomic E-state index is 0.0878. The molecule has 0 amide bonds. The smallest absolute Gasteiger partial charge is 0.0850 e. The quantitative estimate of drug-likeness (QED) is 0.937. The number of ether oxygens (including phenoxy) is 1. The van der Waals surface area contributed by atoms with Gasteiger partial charge in [0.2, 0.25) is 0 Å². The standard InChI is InChI=1S/C17H25N3O/c1-3-20-11-14(15-6-4-5-7-16(15)20)10-19-8-9-21-17(12-19)13(2)18/h4-7,11,13,17H,3,8-10,12,18H2,1-2H3. The zero-order valence-electron chi connectivity index (χ0n) is 13.0. The lowest BCUT2D eigenvalue weighted by molar-refractivity contribution is -0.0402. The molecular formula is C17H25N3O. The Hall–Kier alpha value is -1.36. The van der Waals surface area contributed by atoms with E-state index in [-0.39, 0.29) is 12.1 Å². The van der Waals surface area contributed by atoms with E-state index in [2.05, 4.69) is 46.9 Å². The van der Waals surface area contributed by atoms with Gasteiger partial charge in [0, 0.05) is 49.3 Å². The Balaban J connectivity index is 1.81. The second-order valence-corrected chi connectivity index (χ2v) is 5.96. The number of morpholine rings is 1. The Morgan fingerprint density at radius 3 is 2.95 bits per heavy atom. The molecule has 0 radical (unpaired) electrons. The SMILES string of the molecule is CCn1cc(CN2CCOC(C(C)N)C2)c2ccccc21. The molecule has 114 valence electrons. The second-order valence-electron chi connectivity index (χ2n) is 5.96. The molecule has 0 aliphatic carbocycles. The Morgan fingerprint density at radius 1 is 1.38 bits per heavy atom. The van der Waals surface area contributed by atoms with E-state index in [9.17, 15) is 0 Å². The molecule has 1 aliphatic heterocycles. The van der Waals surface area contributed by atoms with E-state index in [1.165, 1.54) is 16.5 Å². The van der Waals surface area contributed by atoms with Crippen molar-refractivity contribution in [1.29, 1.82) is 0 Å². The number of nitrogens with two attached hydrogens (primary N) is 1. The summed E-state index contributed by atoms with van der Waals surface area (Å²) in [5.74, 6) is 0. The molecule has 2 unspecified atom stereocenters. The number of para-hydroxylation sites is 1. The number of hydrogen-bond acceptors (Lipinski definition) is 3. The van der Waals surface area contributed by atoms with Gasteiger partial charge in [-0.3, -0.25) is 4.90 Å². The first-order valence-corrected chi connectivity index (χ1v) is 7.85. The van der Waals surface area contributed by atoms with Crippen LogP contribution >= 0.6 is 0 Å². The van der Waals surface area contributed by atoms with Gasteiger partial charge in [-0.25, -0.2) is 0 Å². The van der Waals surface area contributed by atoms with Crippen LogP contribution in [0.4, 0.5) is 0 Å². The van der Waals surface area contributed by atoms with Crippen LogP contribution in [0.2, 0.25) is 0 Å². The number of fused-ring (bicyclic) bond motifs is 1. The monoisotopic (exact) mass is 287 g/mol. The Morgan fingerprint density at radius 2 is 2.19 bits per heavy atom. The van der Waals surface area contributed by atoms with E-state index in [1.54, 1.807) is 0 Å². The van der Waals surface area contributed by atoms with Crippen LogP contribution in [0.25, 0.3) is 10.9 Å². The highest BCUT2D eigenvalue weighted by Gasteiger charge is 2.24. The first-order chi connectivity index (χ1) is 10.2. The van der Waals surface area contributed by atoms with Crippen molar-refractivity contribution in [2.24, 2.45) is 5.73 Å². The van der Waals surface area contributed by atoms with Crippen molar-refractivity contribution in [3.05, 3.63) is 36.0 Å². The molecule has 4 heteroatoms. The minimum atomic E-state index is 0.0878. The normalized spacial score (nSPS) is 21.8. The van der Waals surface area contributed by atoms with Gasteiger partial charge in [0.05, 0.1) is 12.7 Å². The Kier molecular flexibility index (Phi) is 4.29. The fourth-order valence-corrected chi connectivity index (χ4v) is 3.14. The first-order valence-electron chi connectivity index (χ1n) is 7.85. The lowest BCUT2D eigenvalue weighted by Crippen LogP contribution is -2.49. The van der Waals surface area contributed by atoms with Crippen LogP contribution in [0, 0.1) is 0 Å². The maximum atomic E-state index is 5.98. The Bertz CT molecular complexity index is 605. The predicted octanol–water partition coefficient (Wildman–Crippen LogP) is 2.21. The van der Waals surface area contributed by atoms with Crippen molar-refractivity contribution in [3.8, 4) is 0 Å². The summed E-state index contributed by atoms with van der Waals surface area (Å²) in [4.78, 5) is 2.46. The number of rotatable bonds is 4. The molecule has 2 aromatic rings. The largest absolute Gasteiger partial charge is 0.374 e.